The molecule has 3 rings (SSSR count). The van der Waals surface area contributed by atoms with Crippen molar-refractivity contribution < 1.29 is 22.5 Å². The van der Waals surface area contributed by atoms with Gasteiger partial charge in [-0.15, -0.1) is 0 Å². The summed E-state index contributed by atoms with van der Waals surface area (Å²) in [5.41, 5.74) is 1.77. The first-order chi connectivity index (χ1) is 11.5. The van der Waals surface area contributed by atoms with Gasteiger partial charge in [-0.25, -0.2) is 9.78 Å². The highest BCUT2D eigenvalue weighted by molar-refractivity contribution is 7.85. The van der Waals surface area contributed by atoms with Crippen LogP contribution in [0.3, 0.4) is 0 Å². The number of para-hydroxylation sites is 2. The lowest BCUT2D eigenvalue weighted by molar-refractivity contribution is 0.0509. The Kier molecular flexibility index (Phi) is 4.46. The lowest BCUT2D eigenvalue weighted by Crippen LogP contribution is -2.12. The lowest BCUT2D eigenvalue weighted by Gasteiger charge is -2.10. The summed E-state index contributed by atoms with van der Waals surface area (Å²) < 4.78 is 35.3. The molecule has 7 heteroatoms. The first kappa shape index (κ1) is 16.4. The molecular formula is C17H15NO5S. The van der Waals surface area contributed by atoms with Crippen molar-refractivity contribution in [2.75, 3.05) is 12.4 Å². The van der Waals surface area contributed by atoms with Gasteiger partial charge < -0.3 is 4.74 Å². The molecular weight excluding hydrogens is 330 g/mol. The van der Waals surface area contributed by atoms with Crippen molar-refractivity contribution in [2.45, 2.75) is 6.42 Å². The van der Waals surface area contributed by atoms with Gasteiger partial charge in [0.1, 0.15) is 0 Å². The first-order valence-electron chi connectivity index (χ1n) is 7.35. The van der Waals surface area contributed by atoms with E-state index in [0.717, 1.165) is 0 Å². The van der Waals surface area contributed by atoms with Gasteiger partial charge in [0.05, 0.1) is 29.0 Å². The number of fused-ring (bicyclic) bond motifs is 2. The number of hydrogen-bond acceptors (Lipinski definition) is 5. The Labute approximate surface area is 138 Å². The largest absolute Gasteiger partial charge is 0.462 e. The monoisotopic (exact) mass is 345 g/mol. The summed E-state index contributed by atoms with van der Waals surface area (Å²) >= 11 is 0. The number of esters is 1. The zero-order chi connectivity index (χ0) is 17.2. The SMILES string of the molecule is O=C(OCCCS(=O)(=O)O)c1c2ccccc2nc2ccccc12. The third-order valence-electron chi connectivity index (χ3n) is 3.57. The van der Waals surface area contributed by atoms with Gasteiger partial charge in [0.25, 0.3) is 10.1 Å². The molecule has 2 aromatic carbocycles. The number of aromatic nitrogens is 1. The van der Waals surface area contributed by atoms with Gasteiger partial charge in [-0.3, -0.25) is 4.55 Å². The second kappa shape index (κ2) is 6.54. The fraction of sp³-hybridized carbons (Fsp3) is 0.176. The van der Waals surface area contributed by atoms with Crippen LogP contribution in [-0.4, -0.2) is 36.3 Å². The van der Waals surface area contributed by atoms with Crippen molar-refractivity contribution in [1.29, 1.82) is 0 Å². The van der Waals surface area contributed by atoms with Gasteiger partial charge in [0.2, 0.25) is 0 Å². The number of benzene rings is 2. The number of nitrogens with zero attached hydrogens (tertiary/aromatic N) is 1. The summed E-state index contributed by atoms with van der Waals surface area (Å²) in [6.45, 7) is -0.0937. The molecule has 6 nitrogen and oxygen atoms in total. The van der Waals surface area contributed by atoms with E-state index in [-0.39, 0.29) is 13.0 Å². The summed E-state index contributed by atoms with van der Waals surface area (Å²) in [5, 5.41) is 1.35. The number of carbonyl (C=O) groups excluding carboxylic acids is 1. The average Bonchev–Trinajstić information content (AvgIpc) is 2.55. The van der Waals surface area contributed by atoms with Crippen LogP contribution in [-0.2, 0) is 14.9 Å². The standard InChI is InChI=1S/C17H15NO5S/c19-17(23-10-5-11-24(20,21)22)16-12-6-1-3-8-14(12)18-15-9-4-2-7-13(15)16/h1-4,6-9H,5,10-11H2,(H,20,21,22). The van der Waals surface area contributed by atoms with E-state index >= 15 is 0 Å². The summed E-state index contributed by atoms with van der Waals surface area (Å²) in [6, 6.07) is 14.5. The Balaban J connectivity index is 1.95. The van der Waals surface area contributed by atoms with Gasteiger partial charge in [-0.1, -0.05) is 36.4 Å². The smallest absolute Gasteiger partial charge is 0.339 e. The van der Waals surface area contributed by atoms with Gasteiger partial charge in [-0.05, 0) is 18.6 Å². The molecule has 0 aliphatic rings. The molecule has 0 radical (unpaired) electrons. The van der Waals surface area contributed by atoms with Crippen LogP contribution in [0.1, 0.15) is 16.8 Å². The maximum Gasteiger partial charge on any atom is 0.339 e. The van der Waals surface area contributed by atoms with Crippen LogP contribution >= 0.6 is 0 Å². The Hall–Kier alpha value is -2.51. The predicted octanol–water partition coefficient (Wildman–Crippen LogP) is 2.82. The van der Waals surface area contributed by atoms with Gasteiger partial charge in [0.15, 0.2) is 0 Å². The van der Waals surface area contributed by atoms with Crippen LogP contribution in [0, 0.1) is 0 Å². The molecule has 1 aromatic heterocycles. The van der Waals surface area contributed by atoms with E-state index in [0.29, 0.717) is 27.4 Å². The number of pyridine rings is 1. The molecule has 3 aromatic rings. The van der Waals surface area contributed by atoms with Gasteiger partial charge >= 0.3 is 5.97 Å². The molecule has 0 bridgehead atoms. The Morgan fingerprint density at radius 2 is 1.54 bits per heavy atom. The summed E-state index contributed by atoms with van der Waals surface area (Å²) in [7, 11) is -4.06. The third kappa shape index (κ3) is 3.52. The van der Waals surface area contributed by atoms with E-state index in [1.807, 2.05) is 36.4 Å². The third-order valence-corrected chi connectivity index (χ3v) is 4.38. The van der Waals surface area contributed by atoms with Crippen LogP contribution in [0.5, 0.6) is 0 Å². The van der Waals surface area contributed by atoms with Crippen LogP contribution in [0.15, 0.2) is 48.5 Å². The molecule has 0 saturated heterocycles. The minimum atomic E-state index is -4.06. The fourth-order valence-electron chi connectivity index (χ4n) is 2.54. The second-order valence-electron chi connectivity index (χ2n) is 5.30. The van der Waals surface area contributed by atoms with Crippen molar-refractivity contribution in [3.63, 3.8) is 0 Å². The number of ether oxygens (including phenoxy) is 1. The Morgan fingerprint density at radius 3 is 2.08 bits per heavy atom. The number of hydrogen-bond donors (Lipinski definition) is 1. The fourth-order valence-corrected chi connectivity index (χ4v) is 3.02. The van der Waals surface area contributed by atoms with Gasteiger partial charge in [0, 0.05) is 10.8 Å². The molecule has 24 heavy (non-hydrogen) atoms. The van der Waals surface area contributed by atoms with Crippen LogP contribution in [0.25, 0.3) is 21.8 Å². The minimum absolute atomic E-state index is 0.0333. The van der Waals surface area contributed by atoms with E-state index in [2.05, 4.69) is 4.98 Å². The summed E-state index contributed by atoms with van der Waals surface area (Å²) in [4.78, 5) is 17.1. The second-order valence-corrected chi connectivity index (χ2v) is 6.87. The highest BCUT2D eigenvalue weighted by Gasteiger charge is 2.17. The summed E-state index contributed by atoms with van der Waals surface area (Å²) in [6.07, 6.45) is 0.0333. The molecule has 0 aliphatic carbocycles. The molecule has 0 unspecified atom stereocenters. The minimum Gasteiger partial charge on any atom is -0.462 e. The highest BCUT2D eigenvalue weighted by Crippen LogP contribution is 2.26. The molecule has 0 spiro atoms. The molecule has 124 valence electrons. The molecule has 0 fully saturated rings. The molecule has 0 saturated carbocycles. The number of rotatable bonds is 5. The lowest BCUT2D eigenvalue weighted by atomic mass is 10.0. The topological polar surface area (TPSA) is 93.6 Å². The van der Waals surface area contributed by atoms with Crippen molar-refractivity contribution in [1.82, 2.24) is 4.98 Å². The number of carbonyl (C=O) groups is 1. The van der Waals surface area contributed by atoms with Gasteiger partial charge in [-0.2, -0.15) is 8.42 Å². The Bertz CT molecular complexity index is 960. The van der Waals surface area contributed by atoms with E-state index < -0.39 is 21.8 Å². The quantitative estimate of drug-likeness (QED) is 0.331. The zero-order valence-electron chi connectivity index (χ0n) is 12.7. The molecule has 0 amide bonds. The van der Waals surface area contributed by atoms with E-state index in [1.165, 1.54) is 0 Å². The maximum atomic E-state index is 12.5. The predicted molar refractivity (Wildman–Crippen MR) is 90.6 cm³/mol. The average molecular weight is 345 g/mol. The van der Waals surface area contributed by atoms with Crippen LogP contribution < -0.4 is 0 Å². The van der Waals surface area contributed by atoms with E-state index in [9.17, 15) is 13.2 Å². The van der Waals surface area contributed by atoms with Crippen molar-refractivity contribution in [2.24, 2.45) is 0 Å². The Morgan fingerprint density at radius 1 is 1.00 bits per heavy atom. The van der Waals surface area contributed by atoms with Crippen molar-refractivity contribution in [3.8, 4) is 0 Å². The maximum absolute atomic E-state index is 12.5. The normalized spacial score (nSPS) is 11.7. The molecule has 0 aliphatic heterocycles. The van der Waals surface area contributed by atoms with E-state index in [4.69, 9.17) is 9.29 Å². The van der Waals surface area contributed by atoms with Crippen LogP contribution in [0.4, 0.5) is 0 Å². The molecule has 1 N–H and O–H groups in total. The molecule has 1 heterocycles. The first-order valence-corrected chi connectivity index (χ1v) is 8.96. The highest BCUT2D eigenvalue weighted by atomic mass is 32.2. The molecule has 0 atom stereocenters. The van der Waals surface area contributed by atoms with Crippen molar-refractivity contribution in [3.05, 3.63) is 54.1 Å². The van der Waals surface area contributed by atoms with Crippen molar-refractivity contribution >= 4 is 37.9 Å². The van der Waals surface area contributed by atoms with Crippen LogP contribution in [0.2, 0.25) is 0 Å². The summed E-state index contributed by atoms with van der Waals surface area (Å²) in [5.74, 6) is -0.988. The zero-order valence-corrected chi connectivity index (χ0v) is 13.5. The van der Waals surface area contributed by atoms with E-state index in [1.54, 1.807) is 12.1 Å².